The van der Waals surface area contributed by atoms with E-state index in [0.29, 0.717) is 11.4 Å². The monoisotopic (exact) mass is 365 g/mol. The molecule has 0 spiro atoms. The number of carbonyl (C=O) groups excluding carboxylic acids is 2. The quantitative estimate of drug-likeness (QED) is 0.723. The van der Waals surface area contributed by atoms with Crippen LogP contribution in [-0.2, 0) is 9.53 Å². The van der Waals surface area contributed by atoms with Crippen LogP contribution in [0.1, 0.15) is 34.0 Å². The molecule has 7 heteroatoms. The van der Waals surface area contributed by atoms with Gasteiger partial charge in [0, 0.05) is 18.0 Å². The molecule has 1 amide bonds. The fourth-order valence-corrected chi connectivity index (χ4v) is 3.30. The Bertz CT molecular complexity index is 1010. The zero-order chi connectivity index (χ0) is 19.0. The van der Waals surface area contributed by atoms with Crippen molar-refractivity contribution in [2.24, 2.45) is 0 Å². The van der Waals surface area contributed by atoms with Crippen LogP contribution < -0.4 is 5.32 Å². The maximum Gasteiger partial charge on any atom is 0.337 e. The number of halogens is 1. The fraction of sp³-hybridized carbons (Fsp3) is 0.150. The van der Waals surface area contributed by atoms with Crippen LogP contribution in [0.25, 0.3) is 5.69 Å². The molecule has 1 N–H and O–H groups in total. The number of rotatable bonds is 3. The van der Waals surface area contributed by atoms with Gasteiger partial charge in [-0.15, -0.1) is 0 Å². The molecule has 136 valence electrons. The number of fused-ring (bicyclic) bond motifs is 1. The fourth-order valence-electron chi connectivity index (χ4n) is 3.30. The summed E-state index contributed by atoms with van der Waals surface area (Å²) >= 11 is 0. The van der Waals surface area contributed by atoms with Crippen molar-refractivity contribution in [3.05, 3.63) is 77.5 Å². The molecule has 0 aliphatic carbocycles. The lowest BCUT2D eigenvalue weighted by atomic mass is 9.89. The molecule has 0 fully saturated rings. The van der Waals surface area contributed by atoms with Crippen molar-refractivity contribution in [1.29, 1.82) is 0 Å². The first-order chi connectivity index (χ1) is 13.1. The number of nitrogens with zero attached hydrogens (tertiary/aromatic N) is 2. The van der Waals surface area contributed by atoms with Crippen LogP contribution >= 0.6 is 0 Å². The highest BCUT2D eigenvalue weighted by Crippen LogP contribution is 2.37. The molecule has 4 rings (SSSR count). The lowest BCUT2D eigenvalue weighted by Crippen LogP contribution is -2.25. The van der Waals surface area contributed by atoms with E-state index in [9.17, 15) is 14.0 Å². The van der Waals surface area contributed by atoms with Gasteiger partial charge in [0.05, 0.1) is 18.4 Å². The summed E-state index contributed by atoms with van der Waals surface area (Å²) in [6, 6.07) is 13.0. The summed E-state index contributed by atoms with van der Waals surface area (Å²) in [7, 11) is 1.33. The van der Waals surface area contributed by atoms with E-state index in [1.54, 1.807) is 42.7 Å². The van der Waals surface area contributed by atoms with Gasteiger partial charge in [-0.2, -0.15) is 0 Å². The lowest BCUT2D eigenvalue weighted by molar-refractivity contribution is -0.116. The lowest BCUT2D eigenvalue weighted by Gasteiger charge is -2.25. The van der Waals surface area contributed by atoms with Crippen LogP contribution in [0, 0.1) is 5.82 Å². The highest BCUT2D eigenvalue weighted by molar-refractivity contribution is 5.94. The molecule has 2 aromatic carbocycles. The minimum atomic E-state index is -0.417. The first-order valence-electron chi connectivity index (χ1n) is 8.38. The number of imidazole rings is 1. The van der Waals surface area contributed by atoms with E-state index < -0.39 is 5.97 Å². The molecule has 0 radical (unpaired) electrons. The summed E-state index contributed by atoms with van der Waals surface area (Å²) in [5, 5.41) is 2.78. The second-order valence-electron chi connectivity index (χ2n) is 6.24. The average Bonchev–Trinajstić information content (AvgIpc) is 3.11. The van der Waals surface area contributed by atoms with Gasteiger partial charge >= 0.3 is 5.97 Å². The SMILES string of the molecule is COC(=O)c1ccc([C@H]2CC(=O)Nc3ncn(-c4ccc(F)cc4)c32)cc1. The standard InChI is InChI=1S/C20H16FN3O3/c1-27-20(26)13-4-2-12(3-5-13)16-10-17(25)23-19-18(16)24(11-22-19)15-8-6-14(21)7-9-15/h2-9,11,16H,10H2,1H3,(H,23,25)/t16-/m1/s1. The summed E-state index contributed by atoms with van der Waals surface area (Å²) in [6.07, 6.45) is 1.86. The average molecular weight is 365 g/mol. The molecule has 1 aliphatic rings. The van der Waals surface area contributed by atoms with Crippen LogP contribution in [0.15, 0.2) is 54.9 Å². The summed E-state index contributed by atoms with van der Waals surface area (Å²) in [4.78, 5) is 28.1. The molecule has 0 saturated heterocycles. The van der Waals surface area contributed by atoms with Crippen molar-refractivity contribution in [2.45, 2.75) is 12.3 Å². The first-order valence-corrected chi connectivity index (χ1v) is 8.38. The van der Waals surface area contributed by atoms with Crippen molar-refractivity contribution < 1.29 is 18.7 Å². The Labute approximate surface area is 154 Å². The topological polar surface area (TPSA) is 73.2 Å². The van der Waals surface area contributed by atoms with Gasteiger partial charge in [0.25, 0.3) is 0 Å². The zero-order valence-corrected chi connectivity index (χ0v) is 14.5. The number of benzene rings is 2. The van der Waals surface area contributed by atoms with Crippen LogP contribution in [0.2, 0.25) is 0 Å². The van der Waals surface area contributed by atoms with E-state index >= 15 is 0 Å². The molecule has 0 unspecified atom stereocenters. The molecule has 1 aromatic heterocycles. The van der Waals surface area contributed by atoms with Gasteiger partial charge in [0.15, 0.2) is 5.82 Å². The maximum absolute atomic E-state index is 13.3. The Morgan fingerprint density at radius 3 is 2.56 bits per heavy atom. The number of anilines is 1. The Balaban J connectivity index is 1.78. The zero-order valence-electron chi connectivity index (χ0n) is 14.5. The molecule has 0 saturated carbocycles. The summed E-state index contributed by atoms with van der Waals surface area (Å²) in [5.74, 6) is -0.629. The Hall–Kier alpha value is -3.48. The molecular formula is C20H16FN3O3. The Kier molecular flexibility index (Phi) is 4.19. The number of ether oxygens (including phenoxy) is 1. The third kappa shape index (κ3) is 3.08. The highest BCUT2D eigenvalue weighted by Gasteiger charge is 2.31. The van der Waals surface area contributed by atoms with Crippen molar-refractivity contribution >= 4 is 17.7 Å². The summed E-state index contributed by atoms with van der Waals surface area (Å²) in [6.45, 7) is 0. The van der Waals surface area contributed by atoms with E-state index in [1.807, 2.05) is 4.57 Å². The van der Waals surface area contributed by atoms with Gasteiger partial charge in [-0.05, 0) is 42.0 Å². The van der Waals surface area contributed by atoms with Crippen LogP contribution in [0.5, 0.6) is 0 Å². The van der Waals surface area contributed by atoms with E-state index in [-0.39, 0.29) is 24.1 Å². The third-order valence-electron chi connectivity index (χ3n) is 4.62. The van der Waals surface area contributed by atoms with Crippen LogP contribution in [0.4, 0.5) is 10.2 Å². The number of hydrogen-bond acceptors (Lipinski definition) is 4. The summed E-state index contributed by atoms with van der Waals surface area (Å²) in [5.41, 5.74) is 2.88. The third-order valence-corrected chi connectivity index (χ3v) is 4.62. The minimum Gasteiger partial charge on any atom is -0.465 e. The largest absolute Gasteiger partial charge is 0.465 e. The molecule has 2 heterocycles. The molecule has 0 bridgehead atoms. The van der Waals surface area contributed by atoms with E-state index in [0.717, 1.165) is 16.9 Å². The number of amides is 1. The Morgan fingerprint density at radius 1 is 1.19 bits per heavy atom. The number of methoxy groups -OCH3 is 1. The molecular weight excluding hydrogens is 349 g/mol. The van der Waals surface area contributed by atoms with E-state index in [1.165, 1.54) is 19.2 Å². The first kappa shape index (κ1) is 17.0. The van der Waals surface area contributed by atoms with Gasteiger partial charge in [-0.3, -0.25) is 4.79 Å². The van der Waals surface area contributed by atoms with Crippen molar-refractivity contribution in [2.75, 3.05) is 12.4 Å². The van der Waals surface area contributed by atoms with Crippen molar-refractivity contribution in [3.63, 3.8) is 0 Å². The second-order valence-corrected chi connectivity index (χ2v) is 6.24. The van der Waals surface area contributed by atoms with Gasteiger partial charge in [0.2, 0.25) is 5.91 Å². The van der Waals surface area contributed by atoms with Crippen molar-refractivity contribution in [1.82, 2.24) is 9.55 Å². The van der Waals surface area contributed by atoms with Crippen LogP contribution in [-0.4, -0.2) is 28.5 Å². The van der Waals surface area contributed by atoms with Gasteiger partial charge in [0.1, 0.15) is 12.1 Å². The van der Waals surface area contributed by atoms with Crippen LogP contribution in [0.3, 0.4) is 0 Å². The predicted octanol–water partition coefficient (Wildman–Crippen LogP) is 3.27. The molecule has 1 atom stereocenters. The van der Waals surface area contributed by atoms with Gasteiger partial charge in [-0.25, -0.2) is 14.2 Å². The number of esters is 1. The highest BCUT2D eigenvalue weighted by atomic mass is 19.1. The second kappa shape index (κ2) is 6.68. The van der Waals surface area contributed by atoms with Crippen molar-refractivity contribution in [3.8, 4) is 5.69 Å². The predicted molar refractivity (Wildman–Crippen MR) is 96.4 cm³/mol. The smallest absolute Gasteiger partial charge is 0.337 e. The van der Waals surface area contributed by atoms with E-state index in [4.69, 9.17) is 4.74 Å². The normalized spacial score (nSPS) is 15.8. The summed E-state index contributed by atoms with van der Waals surface area (Å²) < 4.78 is 19.8. The molecule has 27 heavy (non-hydrogen) atoms. The number of aromatic nitrogens is 2. The minimum absolute atomic E-state index is 0.131. The molecule has 6 nitrogen and oxygen atoms in total. The molecule has 1 aliphatic heterocycles. The van der Waals surface area contributed by atoms with Gasteiger partial charge in [-0.1, -0.05) is 12.1 Å². The number of carbonyl (C=O) groups is 2. The Morgan fingerprint density at radius 2 is 1.89 bits per heavy atom. The maximum atomic E-state index is 13.3. The van der Waals surface area contributed by atoms with Gasteiger partial charge < -0.3 is 14.6 Å². The van der Waals surface area contributed by atoms with E-state index in [2.05, 4.69) is 10.3 Å². The number of nitrogens with one attached hydrogen (secondary N) is 1. The number of hydrogen-bond donors (Lipinski definition) is 1. The molecule has 3 aromatic rings.